The van der Waals surface area contributed by atoms with Crippen LogP contribution in [-0.2, 0) is 6.54 Å². The second kappa shape index (κ2) is 3.36. The molecule has 1 aromatic rings. The van der Waals surface area contributed by atoms with Gasteiger partial charge in [0.25, 0.3) is 0 Å². The van der Waals surface area contributed by atoms with E-state index in [4.69, 9.17) is 15.9 Å². The molecule has 1 aromatic heterocycles. The van der Waals surface area contributed by atoms with Gasteiger partial charge in [0.1, 0.15) is 0 Å². The number of hydrogen-bond acceptors (Lipinski definition) is 4. The zero-order valence-electron chi connectivity index (χ0n) is 6.01. The van der Waals surface area contributed by atoms with Crippen molar-refractivity contribution in [3.05, 3.63) is 12.4 Å². The molecule has 0 aliphatic carbocycles. The summed E-state index contributed by atoms with van der Waals surface area (Å²) >= 11 is 0. The van der Waals surface area contributed by atoms with Crippen LogP contribution in [0, 0.1) is 0 Å². The van der Waals surface area contributed by atoms with Crippen LogP contribution >= 0.6 is 0 Å². The van der Waals surface area contributed by atoms with Crippen molar-refractivity contribution >= 4 is 5.69 Å². The largest absolute Gasteiger partial charge is 0.396 e. The first-order valence-corrected chi connectivity index (χ1v) is 3.29. The Balaban J connectivity index is 2.50. The molecule has 0 aliphatic heterocycles. The Hall–Kier alpha value is -1.07. The molecule has 0 fully saturated rings. The first kappa shape index (κ1) is 8.03. The van der Waals surface area contributed by atoms with E-state index < -0.39 is 6.10 Å². The quantitative estimate of drug-likeness (QED) is 0.515. The van der Waals surface area contributed by atoms with E-state index in [2.05, 4.69) is 5.10 Å². The van der Waals surface area contributed by atoms with Gasteiger partial charge in [0, 0.05) is 6.20 Å². The second-order valence-corrected chi connectivity index (χ2v) is 2.33. The van der Waals surface area contributed by atoms with Crippen LogP contribution in [0.4, 0.5) is 5.69 Å². The molecule has 0 saturated heterocycles. The minimum absolute atomic E-state index is 0.264. The number of nitrogen functional groups attached to an aromatic ring is 1. The Morgan fingerprint density at radius 3 is 2.91 bits per heavy atom. The van der Waals surface area contributed by atoms with Crippen LogP contribution in [0.5, 0.6) is 0 Å². The summed E-state index contributed by atoms with van der Waals surface area (Å²) in [6, 6.07) is 0. The number of aliphatic hydroxyl groups is 2. The first-order chi connectivity index (χ1) is 5.22. The maximum absolute atomic E-state index is 8.97. The van der Waals surface area contributed by atoms with Crippen molar-refractivity contribution < 1.29 is 10.2 Å². The lowest BCUT2D eigenvalue weighted by atomic mass is 10.4. The van der Waals surface area contributed by atoms with Gasteiger partial charge in [-0.15, -0.1) is 0 Å². The van der Waals surface area contributed by atoms with Gasteiger partial charge in [0.2, 0.25) is 0 Å². The molecule has 0 amide bonds. The van der Waals surface area contributed by atoms with Gasteiger partial charge in [-0.05, 0) is 0 Å². The Morgan fingerprint density at radius 2 is 2.45 bits per heavy atom. The molecule has 4 N–H and O–H groups in total. The molecule has 0 bridgehead atoms. The van der Waals surface area contributed by atoms with Crippen molar-refractivity contribution in [2.45, 2.75) is 12.6 Å². The van der Waals surface area contributed by atoms with Gasteiger partial charge in [-0.1, -0.05) is 0 Å². The van der Waals surface area contributed by atoms with Crippen molar-refractivity contribution in [2.75, 3.05) is 12.3 Å². The molecule has 0 aromatic carbocycles. The molecule has 0 spiro atoms. The Morgan fingerprint density at radius 1 is 1.73 bits per heavy atom. The van der Waals surface area contributed by atoms with Gasteiger partial charge < -0.3 is 15.9 Å². The molecule has 1 rings (SSSR count). The third-order valence-electron chi connectivity index (χ3n) is 1.26. The van der Waals surface area contributed by atoms with Gasteiger partial charge >= 0.3 is 0 Å². The fraction of sp³-hybridized carbons (Fsp3) is 0.500. The summed E-state index contributed by atoms with van der Waals surface area (Å²) in [5.41, 5.74) is 5.92. The highest BCUT2D eigenvalue weighted by molar-refractivity contribution is 5.30. The molecule has 1 atom stereocenters. The van der Waals surface area contributed by atoms with Gasteiger partial charge in [0.15, 0.2) is 0 Å². The van der Waals surface area contributed by atoms with Gasteiger partial charge in [0.05, 0.1) is 31.1 Å². The van der Waals surface area contributed by atoms with E-state index in [1.54, 1.807) is 6.20 Å². The first-order valence-electron chi connectivity index (χ1n) is 3.29. The molecule has 0 saturated carbocycles. The summed E-state index contributed by atoms with van der Waals surface area (Å²) in [6.45, 7) is 0.00741. The zero-order valence-corrected chi connectivity index (χ0v) is 6.01. The van der Waals surface area contributed by atoms with Crippen LogP contribution in [0.3, 0.4) is 0 Å². The average Bonchev–Trinajstić information content (AvgIpc) is 2.35. The van der Waals surface area contributed by atoms with Crippen LogP contribution in [-0.4, -0.2) is 32.7 Å². The number of nitrogens with zero attached hydrogens (tertiary/aromatic N) is 2. The molecule has 62 valence electrons. The van der Waals surface area contributed by atoms with Crippen LogP contribution in [0.2, 0.25) is 0 Å². The van der Waals surface area contributed by atoms with Gasteiger partial charge in [-0.3, -0.25) is 4.68 Å². The lowest BCUT2D eigenvalue weighted by Gasteiger charge is -2.05. The average molecular weight is 157 g/mol. The summed E-state index contributed by atoms with van der Waals surface area (Å²) < 4.78 is 1.48. The molecule has 0 unspecified atom stereocenters. The topological polar surface area (TPSA) is 84.3 Å². The molecule has 0 aliphatic rings. The molecular weight excluding hydrogens is 146 g/mol. The summed E-state index contributed by atoms with van der Waals surface area (Å²) in [7, 11) is 0. The second-order valence-electron chi connectivity index (χ2n) is 2.33. The van der Waals surface area contributed by atoms with Crippen molar-refractivity contribution in [3.63, 3.8) is 0 Å². The van der Waals surface area contributed by atoms with Crippen LogP contribution in [0.25, 0.3) is 0 Å². The number of aliphatic hydroxyl groups excluding tert-OH is 2. The highest BCUT2D eigenvalue weighted by Gasteiger charge is 2.02. The van der Waals surface area contributed by atoms with Crippen molar-refractivity contribution in [3.8, 4) is 0 Å². The highest BCUT2D eigenvalue weighted by atomic mass is 16.3. The van der Waals surface area contributed by atoms with Crippen LogP contribution < -0.4 is 5.73 Å². The number of rotatable bonds is 3. The van der Waals surface area contributed by atoms with E-state index in [0.717, 1.165) is 0 Å². The Kier molecular flexibility index (Phi) is 2.45. The smallest absolute Gasteiger partial charge is 0.0966 e. The number of hydrogen-bond donors (Lipinski definition) is 3. The predicted molar refractivity (Wildman–Crippen MR) is 39.7 cm³/mol. The van der Waals surface area contributed by atoms with Crippen molar-refractivity contribution in [1.82, 2.24) is 9.78 Å². The SMILES string of the molecule is Nc1cnn(C[C@@H](O)CO)c1. The lowest BCUT2D eigenvalue weighted by Crippen LogP contribution is -2.19. The molecule has 1 heterocycles. The molecule has 5 nitrogen and oxygen atoms in total. The molecule has 5 heteroatoms. The van der Waals surface area contributed by atoms with E-state index in [1.807, 2.05) is 0 Å². The normalized spacial score (nSPS) is 13.3. The highest BCUT2D eigenvalue weighted by Crippen LogP contribution is 1.98. The van der Waals surface area contributed by atoms with Gasteiger partial charge in [-0.25, -0.2) is 0 Å². The molecule has 0 radical (unpaired) electrons. The minimum atomic E-state index is -0.769. The molecular formula is C6H11N3O2. The maximum Gasteiger partial charge on any atom is 0.0966 e. The third kappa shape index (κ3) is 2.21. The zero-order chi connectivity index (χ0) is 8.27. The van der Waals surface area contributed by atoms with Crippen molar-refractivity contribution in [1.29, 1.82) is 0 Å². The standard InChI is InChI=1S/C6H11N3O2/c7-5-1-8-9(2-5)3-6(11)4-10/h1-2,6,10-11H,3-4,7H2/t6-/m1/s1. The summed E-state index contributed by atoms with van der Waals surface area (Å²) in [6.07, 6.45) is 2.32. The lowest BCUT2D eigenvalue weighted by molar-refractivity contribution is 0.0783. The molecule has 11 heavy (non-hydrogen) atoms. The van der Waals surface area contributed by atoms with Crippen molar-refractivity contribution in [2.24, 2.45) is 0 Å². The van der Waals surface area contributed by atoms with E-state index in [9.17, 15) is 0 Å². The van der Waals surface area contributed by atoms with Crippen LogP contribution in [0.15, 0.2) is 12.4 Å². The van der Waals surface area contributed by atoms with Gasteiger partial charge in [-0.2, -0.15) is 5.10 Å². The number of anilines is 1. The Labute approximate surface area is 64.1 Å². The summed E-state index contributed by atoms with van der Waals surface area (Å²) in [5, 5.41) is 21.3. The monoisotopic (exact) mass is 157 g/mol. The Bertz CT molecular complexity index is 223. The van der Waals surface area contributed by atoms with E-state index in [1.165, 1.54) is 10.9 Å². The van der Waals surface area contributed by atoms with E-state index in [0.29, 0.717) is 5.69 Å². The summed E-state index contributed by atoms with van der Waals surface area (Å²) in [4.78, 5) is 0. The minimum Gasteiger partial charge on any atom is -0.396 e. The fourth-order valence-electron chi connectivity index (χ4n) is 0.753. The fourth-order valence-corrected chi connectivity index (χ4v) is 0.753. The number of aromatic nitrogens is 2. The predicted octanol–water partition coefficient (Wildman–Crippen LogP) is -1.18. The van der Waals surface area contributed by atoms with E-state index in [-0.39, 0.29) is 13.2 Å². The maximum atomic E-state index is 8.97. The van der Waals surface area contributed by atoms with Crippen LogP contribution in [0.1, 0.15) is 0 Å². The van der Waals surface area contributed by atoms with E-state index >= 15 is 0 Å². The number of nitrogens with two attached hydrogens (primary N) is 1. The summed E-state index contributed by atoms with van der Waals surface area (Å²) in [5.74, 6) is 0. The third-order valence-corrected chi connectivity index (χ3v) is 1.26.